The molecule has 4 nitrogen and oxygen atoms in total. The molecule has 0 unspecified atom stereocenters. The van der Waals surface area contributed by atoms with E-state index in [1.54, 1.807) is 0 Å². The molecule has 0 aliphatic carbocycles. The molecule has 0 radical (unpaired) electrons. The van der Waals surface area contributed by atoms with Crippen LogP contribution in [0.3, 0.4) is 0 Å². The van der Waals surface area contributed by atoms with Gasteiger partial charge in [0.1, 0.15) is 5.69 Å². The normalized spacial score (nSPS) is 9.30. The van der Waals surface area contributed by atoms with E-state index in [1.165, 1.54) is 13.0 Å². The van der Waals surface area contributed by atoms with Crippen LogP contribution in [0.15, 0.2) is 10.6 Å². The van der Waals surface area contributed by atoms with Crippen molar-refractivity contribution in [3.8, 4) is 0 Å². The Morgan fingerprint density at radius 2 is 2.50 bits per heavy atom. The largest absolute Gasteiger partial charge is 0.352 e. The Labute approximate surface area is 56.8 Å². The molecule has 0 aliphatic rings. The van der Waals surface area contributed by atoms with Gasteiger partial charge in [-0.3, -0.25) is 9.59 Å². The van der Waals surface area contributed by atoms with Crippen molar-refractivity contribution in [3.63, 3.8) is 0 Å². The van der Waals surface area contributed by atoms with Crippen LogP contribution in [0.5, 0.6) is 0 Å². The number of aromatic nitrogens is 1. The van der Waals surface area contributed by atoms with Gasteiger partial charge in [-0.25, -0.2) is 0 Å². The summed E-state index contributed by atoms with van der Waals surface area (Å²) in [6.07, 6.45) is 0.524. The fourth-order valence-electron chi connectivity index (χ4n) is 0.510. The van der Waals surface area contributed by atoms with Crippen LogP contribution in [0.1, 0.15) is 28.0 Å². The minimum absolute atomic E-state index is 0.113. The summed E-state index contributed by atoms with van der Waals surface area (Å²) < 4.78 is 4.49. The van der Waals surface area contributed by atoms with Crippen LogP contribution in [-0.4, -0.2) is 17.2 Å². The van der Waals surface area contributed by atoms with Crippen LogP contribution >= 0.6 is 0 Å². The summed E-state index contributed by atoms with van der Waals surface area (Å²) in [5.41, 5.74) is 0.144. The maximum Gasteiger partial charge on any atom is 0.202 e. The Morgan fingerprint density at radius 1 is 1.80 bits per heavy atom. The number of Topliss-reactive ketones (excluding diaryl/α,β-unsaturated/α-hetero) is 1. The number of nitrogens with zero attached hydrogens (tertiary/aromatic N) is 1. The van der Waals surface area contributed by atoms with E-state index in [2.05, 4.69) is 9.68 Å². The molecule has 0 saturated heterocycles. The molecule has 1 rings (SSSR count). The number of hydrogen-bond donors (Lipinski definition) is 0. The molecule has 0 spiro atoms. The molecule has 0 aromatic carbocycles. The molecule has 0 N–H and O–H groups in total. The van der Waals surface area contributed by atoms with E-state index < -0.39 is 0 Å². The van der Waals surface area contributed by atoms with E-state index in [0.717, 1.165) is 0 Å². The van der Waals surface area contributed by atoms with Crippen LogP contribution < -0.4 is 0 Å². The van der Waals surface area contributed by atoms with Gasteiger partial charge in [0.2, 0.25) is 5.76 Å². The van der Waals surface area contributed by atoms with Crippen LogP contribution in [0, 0.1) is 0 Å². The van der Waals surface area contributed by atoms with Gasteiger partial charge in [-0.1, -0.05) is 5.16 Å². The van der Waals surface area contributed by atoms with Crippen molar-refractivity contribution in [3.05, 3.63) is 17.5 Å². The highest BCUT2D eigenvalue weighted by Crippen LogP contribution is 2.00. The van der Waals surface area contributed by atoms with Crippen molar-refractivity contribution >= 4 is 12.1 Å². The zero-order chi connectivity index (χ0) is 7.56. The zero-order valence-electron chi connectivity index (χ0n) is 5.33. The molecule has 1 heterocycles. The summed E-state index contributed by atoms with van der Waals surface area (Å²) in [5, 5.41) is 3.29. The average Bonchev–Trinajstić information content (AvgIpc) is 2.34. The highest BCUT2D eigenvalue weighted by atomic mass is 16.5. The Bertz CT molecular complexity index is 264. The van der Waals surface area contributed by atoms with E-state index in [9.17, 15) is 9.59 Å². The minimum Gasteiger partial charge on any atom is -0.352 e. The second-order valence-electron chi connectivity index (χ2n) is 1.79. The maximum atomic E-state index is 10.5. The topological polar surface area (TPSA) is 60.2 Å². The smallest absolute Gasteiger partial charge is 0.202 e. The summed E-state index contributed by atoms with van der Waals surface area (Å²) >= 11 is 0. The first-order valence-corrected chi connectivity index (χ1v) is 2.67. The molecule has 4 heteroatoms. The number of rotatable bonds is 2. The number of hydrogen-bond acceptors (Lipinski definition) is 4. The van der Waals surface area contributed by atoms with Gasteiger partial charge in [0.25, 0.3) is 0 Å². The molecule has 0 bridgehead atoms. The average molecular weight is 139 g/mol. The lowest BCUT2D eigenvalue weighted by Gasteiger charge is -1.77. The van der Waals surface area contributed by atoms with Crippen molar-refractivity contribution in [1.82, 2.24) is 5.16 Å². The number of aldehydes is 1. The maximum absolute atomic E-state index is 10.5. The SMILES string of the molecule is CC(=O)c1cc(C=O)no1. The fourth-order valence-corrected chi connectivity index (χ4v) is 0.510. The molecule has 1 aromatic heterocycles. The van der Waals surface area contributed by atoms with Gasteiger partial charge in [0.05, 0.1) is 0 Å². The van der Waals surface area contributed by atoms with Crippen LogP contribution in [0.25, 0.3) is 0 Å². The Balaban J connectivity index is 2.98. The van der Waals surface area contributed by atoms with Gasteiger partial charge in [-0.15, -0.1) is 0 Å². The summed E-state index contributed by atoms with van der Waals surface area (Å²) in [6, 6.07) is 1.30. The number of carbonyl (C=O) groups is 2. The predicted molar refractivity (Wildman–Crippen MR) is 31.9 cm³/mol. The van der Waals surface area contributed by atoms with Gasteiger partial charge in [-0.05, 0) is 0 Å². The molecule has 52 valence electrons. The minimum atomic E-state index is -0.236. The summed E-state index contributed by atoms with van der Waals surface area (Å²) in [7, 11) is 0. The number of ketones is 1. The first kappa shape index (κ1) is 6.67. The van der Waals surface area contributed by atoms with E-state index in [0.29, 0.717) is 6.29 Å². The molecule has 0 amide bonds. The fraction of sp³-hybridized carbons (Fsp3) is 0.167. The van der Waals surface area contributed by atoms with Crippen LogP contribution in [0.4, 0.5) is 0 Å². The van der Waals surface area contributed by atoms with Gasteiger partial charge in [0, 0.05) is 13.0 Å². The van der Waals surface area contributed by atoms with Crippen molar-refractivity contribution in [2.45, 2.75) is 6.92 Å². The lowest BCUT2D eigenvalue weighted by molar-refractivity contribution is 0.0976. The highest BCUT2D eigenvalue weighted by Gasteiger charge is 2.06. The molecule has 0 fully saturated rings. The molecule has 0 saturated carbocycles. The summed E-state index contributed by atoms with van der Waals surface area (Å²) in [6.45, 7) is 1.34. The van der Waals surface area contributed by atoms with Gasteiger partial charge in [-0.2, -0.15) is 0 Å². The lowest BCUT2D eigenvalue weighted by atomic mass is 10.3. The zero-order valence-corrected chi connectivity index (χ0v) is 5.33. The molecular formula is C6H5NO3. The van der Waals surface area contributed by atoms with E-state index in [-0.39, 0.29) is 17.2 Å². The van der Waals surface area contributed by atoms with Gasteiger partial charge < -0.3 is 4.52 Å². The lowest BCUT2D eigenvalue weighted by Crippen LogP contribution is -1.86. The Kier molecular flexibility index (Phi) is 1.62. The van der Waals surface area contributed by atoms with Crippen molar-refractivity contribution in [2.75, 3.05) is 0 Å². The Hall–Kier alpha value is -1.45. The third-order valence-corrected chi connectivity index (χ3v) is 0.996. The Morgan fingerprint density at radius 3 is 2.80 bits per heavy atom. The third-order valence-electron chi connectivity index (χ3n) is 0.996. The quantitative estimate of drug-likeness (QED) is 0.446. The van der Waals surface area contributed by atoms with Crippen molar-refractivity contribution < 1.29 is 14.1 Å². The first-order chi connectivity index (χ1) is 4.74. The van der Waals surface area contributed by atoms with E-state index >= 15 is 0 Å². The second kappa shape index (κ2) is 2.43. The monoisotopic (exact) mass is 139 g/mol. The summed E-state index contributed by atoms with van der Waals surface area (Å²) in [4.78, 5) is 20.5. The molecule has 0 atom stereocenters. The molecular weight excluding hydrogens is 134 g/mol. The van der Waals surface area contributed by atoms with Crippen LogP contribution in [-0.2, 0) is 0 Å². The molecule has 10 heavy (non-hydrogen) atoms. The highest BCUT2D eigenvalue weighted by molar-refractivity contribution is 5.92. The summed E-state index contributed by atoms with van der Waals surface area (Å²) in [5.74, 6) is -0.122. The van der Waals surface area contributed by atoms with E-state index in [1.807, 2.05) is 0 Å². The van der Waals surface area contributed by atoms with E-state index in [4.69, 9.17) is 0 Å². The number of carbonyl (C=O) groups excluding carboxylic acids is 2. The standard InChI is InChI=1S/C6H5NO3/c1-4(9)6-2-5(3-8)7-10-6/h2-3H,1H3. The second-order valence-corrected chi connectivity index (χ2v) is 1.79. The first-order valence-electron chi connectivity index (χ1n) is 2.67. The van der Waals surface area contributed by atoms with Gasteiger partial charge in [0.15, 0.2) is 12.1 Å². The van der Waals surface area contributed by atoms with Gasteiger partial charge >= 0.3 is 0 Å². The van der Waals surface area contributed by atoms with Crippen LogP contribution in [0.2, 0.25) is 0 Å². The molecule has 0 aliphatic heterocycles. The predicted octanol–water partition coefficient (Wildman–Crippen LogP) is 0.690. The third kappa shape index (κ3) is 1.10. The molecule has 1 aromatic rings. The van der Waals surface area contributed by atoms with Crippen molar-refractivity contribution in [2.24, 2.45) is 0 Å². The van der Waals surface area contributed by atoms with Crippen molar-refractivity contribution in [1.29, 1.82) is 0 Å².